The molecule has 2 rings (SSSR count). The van der Waals surface area contributed by atoms with E-state index >= 15 is 0 Å². The lowest BCUT2D eigenvalue weighted by molar-refractivity contribution is 0.646. The van der Waals surface area contributed by atoms with Crippen LogP contribution in [0.1, 0.15) is 30.6 Å². The Morgan fingerprint density at radius 1 is 1.37 bits per heavy atom. The molecule has 1 unspecified atom stereocenters. The van der Waals surface area contributed by atoms with Gasteiger partial charge in [-0.05, 0) is 44.4 Å². The first kappa shape index (κ1) is 14.0. The summed E-state index contributed by atoms with van der Waals surface area (Å²) in [5.74, 6) is 1.57. The second-order valence-corrected chi connectivity index (χ2v) is 5.18. The number of nitrogens with zero attached hydrogens (tertiary/aromatic N) is 3. The fourth-order valence-electron chi connectivity index (χ4n) is 2.05. The Kier molecular flexibility index (Phi) is 4.22. The van der Waals surface area contributed by atoms with Crippen LogP contribution in [0.3, 0.4) is 0 Å². The van der Waals surface area contributed by atoms with E-state index in [1.165, 1.54) is 0 Å². The molecule has 0 aliphatic rings. The fraction of sp³-hybridized carbons (Fsp3) is 0.429. The molecule has 0 spiro atoms. The molecular formula is C14H19ClN4. The van der Waals surface area contributed by atoms with E-state index in [2.05, 4.69) is 17.0 Å². The zero-order valence-electron chi connectivity index (χ0n) is 11.5. The quantitative estimate of drug-likeness (QED) is 0.936. The molecule has 0 radical (unpaired) electrons. The summed E-state index contributed by atoms with van der Waals surface area (Å²) in [6.07, 6.45) is 1.80. The first-order valence-corrected chi connectivity index (χ1v) is 6.83. The highest BCUT2D eigenvalue weighted by atomic mass is 35.5. The summed E-state index contributed by atoms with van der Waals surface area (Å²) in [6, 6.07) is 6.16. The van der Waals surface area contributed by atoms with Gasteiger partial charge in [-0.2, -0.15) is 5.10 Å². The van der Waals surface area contributed by atoms with E-state index in [0.717, 1.165) is 35.7 Å². The van der Waals surface area contributed by atoms with Crippen molar-refractivity contribution in [3.63, 3.8) is 0 Å². The largest absolute Gasteiger partial charge is 0.327 e. The Hall–Kier alpha value is -1.39. The number of hydrogen-bond acceptors (Lipinski definition) is 3. The standard InChI is InChI=1S/C14H19ClN4/c1-4-12(16)7-11-5-6-14(13(15)8-11)19-10(3)17-9(2)18-19/h5-6,8,12H,4,7,16H2,1-3H3. The van der Waals surface area contributed by atoms with E-state index in [9.17, 15) is 0 Å². The number of hydrogen-bond donors (Lipinski definition) is 1. The molecule has 4 nitrogen and oxygen atoms in total. The predicted octanol–water partition coefficient (Wildman–Crippen LogP) is 2.82. The first-order chi connectivity index (χ1) is 9.01. The lowest BCUT2D eigenvalue weighted by Crippen LogP contribution is -2.21. The summed E-state index contributed by atoms with van der Waals surface area (Å²) in [5, 5.41) is 5.02. The van der Waals surface area contributed by atoms with Crippen LogP contribution in [0.2, 0.25) is 5.02 Å². The molecule has 5 heteroatoms. The van der Waals surface area contributed by atoms with Gasteiger partial charge >= 0.3 is 0 Å². The number of rotatable bonds is 4. The molecule has 0 fully saturated rings. The Bertz CT molecular complexity index is 577. The van der Waals surface area contributed by atoms with Gasteiger partial charge in [-0.25, -0.2) is 9.67 Å². The Balaban J connectivity index is 2.32. The lowest BCUT2D eigenvalue weighted by Gasteiger charge is -2.11. The van der Waals surface area contributed by atoms with Crippen LogP contribution in [0.5, 0.6) is 0 Å². The first-order valence-electron chi connectivity index (χ1n) is 6.46. The van der Waals surface area contributed by atoms with E-state index in [1.54, 1.807) is 4.68 Å². The topological polar surface area (TPSA) is 56.7 Å². The molecular weight excluding hydrogens is 260 g/mol. The van der Waals surface area contributed by atoms with E-state index in [0.29, 0.717) is 5.02 Å². The number of aryl methyl sites for hydroxylation is 2. The summed E-state index contributed by atoms with van der Waals surface area (Å²) in [4.78, 5) is 4.29. The molecule has 19 heavy (non-hydrogen) atoms. The third kappa shape index (κ3) is 3.14. The second-order valence-electron chi connectivity index (χ2n) is 4.78. The van der Waals surface area contributed by atoms with Gasteiger partial charge in [0.05, 0.1) is 10.7 Å². The Labute approximate surface area is 118 Å². The van der Waals surface area contributed by atoms with Crippen LogP contribution < -0.4 is 5.73 Å². The molecule has 0 saturated heterocycles. The number of nitrogens with two attached hydrogens (primary N) is 1. The number of aromatic nitrogens is 3. The van der Waals surface area contributed by atoms with Crippen molar-refractivity contribution in [2.24, 2.45) is 5.73 Å². The highest BCUT2D eigenvalue weighted by Crippen LogP contribution is 2.23. The minimum Gasteiger partial charge on any atom is -0.327 e. The van der Waals surface area contributed by atoms with Crippen LogP contribution in [0.4, 0.5) is 0 Å². The highest BCUT2D eigenvalue weighted by molar-refractivity contribution is 6.32. The summed E-state index contributed by atoms with van der Waals surface area (Å²) in [7, 11) is 0. The third-order valence-electron chi connectivity index (χ3n) is 3.14. The van der Waals surface area contributed by atoms with E-state index in [1.807, 2.05) is 32.0 Å². The third-order valence-corrected chi connectivity index (χ3v) is 3.44. The SMILES string of the molecule is CCC(N)Cc1ccc(-n2nc(C)nc2C)c(Cl)c1. The Morgan fingerprint density at radius 2 is 2.11 bits per heavy atom. The molecule has 1 atom stereocenters. The molecule has 1 aromatic carbocycles. The Morgan fingerprint density at radius 3 is 2.63 bits per heavy atom. The van der Waals surface area contributed by atoms with Crippen LogP contribution in [0.25, 0.3) is 5.69 Å². The van der Waals surface area contributed by atoms with Gasteiger partial charge < -0.3 is 5.73 Å². The maximum atomic E-state index is 6.34. The molecule has 1 aromatic heterocycles. The minimum absolute atomic E-state index is 0.178. The van der Waals surface area contributed by atoms with E-state index in [4.69, 9.17) is 17.3 Å². The normalized spacial score (nSPS) is 12.7. The van der Waals surface area contributed by atoms with Crippen molar-refractivity contribution in [1.82, 2.24) is 14.8 Å². The summed E-state index contributed by atoms with van der Waals surface area (Å²) >= 11 is 6.34. The van der Waals surface area contributed by atoms with Crippen molar-refractivity contribution >= 4 is 11.6 Å². The number of benzene rings is 1. The molecule has 0 aliphatic heterocycles. The van der Waals surface area contributed by atoms with Gasteiger partial charge in [0.25, 0.3) is 0 Å². The van der Waals surface area contributed by atoms with Gasteiger partial charge in [-0.1, -0.05) is 24.6 Å². The van der Waals surface area contributed by atoms with Crippen molar-refractivity contribution in [2.75, 3.05) is 0 Å². The predicted molar refractivity (Wildman–Crippen MR) is 77.8 cm³/mol. The summed E-state index contributed by atoms with van der Waals surface area (Å²) < 4.78 is 1.77. The van der Waals surface area contributed by atoms with Gasteiger partial charge in [-0.15, -0.1) is 0 Å². The van der Waals surface area contributed by atoms with Crippen LogP contribution in [0, 0.1) is 13.8 Å². The zero-order chi connectivity index (χ0) is 14.0. The average molecular weight is 279 g/mol. The maximum Gasteiger partial charge on any atom is 0.148 e. The monoisotopic (exact) mass is 278 g/mol. The van der Waals surface area contributed by atoms with E-state index in [-0.39, 0.29) is 6.04 Å². The van der Waals surface area contributed by atoms with Gasteiger partial charge in [0, 0.05) is 6.04 Å². The maximum absolute atomic E-state index is 6.34. The van der Waals surface area contributed by atoms with Gasteiger partial charge in [0.2, 0.25) is 0 Å². The smallest absolute Gasteiger partial charge is 0.148 e. The van der Waals surface area contributed by atoms with Crippen LogP contribution >= 0.6 is 11.6 Å². The lowest BCUT2D eigenvalue weighted by atomic mass is 10.0. The molecule has 102 valence electrons. The second kappa shape index (κ2) is 5.72. The molecule has 1 heterocycles. The summed E-state index contributed by atoms with van der Waals surface area (Å²) in [6.45, 7) is 5.87. The van der Waals surface area contributed by atoms with Crippen molar-refractivity contribution in [3.8, 4) is 5.69 Å². The van der Waals surface area contributed by atoms with Crippen molar-refractivity contribution < 1.29 is 0 Å². The van der Waals surface area contributed by atoms with Crippen molar-refractivity contribution in [1.29, 1.82) is 0 Å². The molecule has 0 aliphatic carbocycles. The average Bonchev–Trinajstić information content (AvgIpc) is 2.68. The van der Waals surface area contributed by atoms with E-state index < -0.39 is 0 Å². The van der Waals surface area contributed by atoms with Gasteiger partial charge in [-0.3, -0.25) is 0 Å². The van der Waals surface area contributed by atoms with Crippen LogP contribution in [0.15, 0.2) is 18.2 Å². The van der Waals surface area contributed by atoms with Crippen LogP contribution in [-0.4, -0.2) is 20.8 Å². The van der Waals surface area contributed by atoms with Crippen molar-refractivity contribution in [3.05, 3.63) is 40.4 Å². The summed E-state index contributed by atoms with van der Waals surface area (Å²) in [5.41, 5.74) is 7.97. The molecule has 0 amide bonds. The van der Waals surface area contributed by atoms with Gasteiger partial charge in [0.1, 0.15) is 11.6 Å². The molecule has 2 aromatic rings. The van der Waals surface area contributed by atoms with Crippen molar-refractivity contribution in [2.45, 2.75) is 39.7 Å². The molecule has 2 N–H and O–H groups in total. The highest BCUT2D eigenvalue weighted by Gasteiger charge is 2.10. The fourth-order valence-corrected chi connectivity index (χ4v) is 2.33. The minimum atomic E-state index is 0.178. The van der Waals surface area contributed by atoms with Gasteiger partial charge in [0.15, 0.2) is 0 Å². The molecule has 0 bridgehead atoms. The number of halogens is 1. The molecule has 0 saturated carbocycles. The zero-order valence-corrected chi connectivity index (χ0v) is 12.3. The van der Waals surface area contributed by atoms with Crippen LogP contribution in [-0.2, 0) is 6.42 Å².